The molecule has 0 bridgehead atoms. The predicted molar refractivity (Wildman–Crippen MR) is 117 cm³/mol. The van der Waals surface area contributed by atoms with Gasteiger partial charge in [0.2, 0.25) is 5.91 Å². The molecule has 0 N–H and O–H groups in total. The summed E-state index contributed by atoms with van der Waals surface area (Å²) in [5.74, 6) is 0.298. The summed E-state index contributed by atoms with van der Waals surface area (Å²) in [5, 5.41) is 1.17. The highest BCUT2D eigenvalue weighted by molar-refractivity contribution is 9.11. The summed E-state index contributed by atoms with van der Waals surface area (Å²) in [6.07, 6.45) is 1.84. The third-order valence-corrected chi connectivity index (χ3v) is 7.82. The summed E-state index contributed by atoms with van der Waals surface area (Å²) in [7, 11) is 1.68. The van der Waals surface area contributed by atoms with Gasteiger partial charge in [-0.05, 0) is 53.0 Å². The number of thiophene rings is 1. The molecule has 146 valence electrons. The Morgan fingerprint density at radius 2 is 1.93 bits per heavy atom. The molecule has 0 spiro atoms. The highest BCUT2D eigenvalue weighted by Gasteiger charge is 2.27. The fourth-order valence-electron chi connectivity index (χ4n) is 3.43. The first-order valence-corrected chi connectivity index (χ1v) is 11.6. The van der Waals surface area contributed by atoms with Gasteiger partial charge in [0, 0.05) is 26.1 Å². The lowest BCUT2D eigenvalue weighted by molar-refractivity contribution is -0.132. The average molecular weight is 478 g/mol. The maximum absolute atomic E-state index is 12.6. The summed E-state index contributed by atoms with van der Waals surface area (Å²) >= 11 is 6.51. The molecule has 1 aliphatic heterocycles. The van der Waals surface area contributed by atoms with Gasteiger partial charge in [-0.1, -0.05) is 12.1 Å². The molecule has 5 nitrogen and oxygen atoms in total. The third-order valence-electron chi connectivity index (χ3n) is 5.01. The van der Waals surface area contributed by atoms with E-state index in [1.165, 1.54) is 25.9 Å². The van der Waals surface area contributed by atoms with Crippen molar-refractivity contribution in [3.63, 3.8) is 0 Å². The average Bonchev–Trinajstić information content (AvgIpc) is 3.33. The van der Waals surface area contributed by atoms with Gasteiger partial charge in [-0.2, -0.15) is 0 Å². The van der Waals surface area contributed by atoms with Crippen LogP contribution in [0.5, 0.6) is 0 Å². The summed E-state index contributed by atoms with van der Waals surface area (Å²) in [4.78, 5) is 33.9. The third kappa shape index (κ3) is 4.14. The minimum Gasteiger partial charge on any atom is -0.341 e. The van der Waals surface area contributed by atoms with E-state index in [1.54, 1.807) is 24.5 Å². The maximum atomic E-state index is 12.6. The first kappa shape index (κ1) is 19.5. The van der Waals surface area contributed by atoms with Crippen molar-refractivity contribution in [1.82, 2.24) is 14.8 Å². The van der Waals surface area contributed by atoms with Gasteiger partial charge in [0.05, 0.1) is 30.4 Å². The smallest absolute Gasteiger partial charge is 0.264 e. The molecule has 0 unspecified atom stereocenters. The number of amides is 2. The van der Waals surface area contributed by atoms with Crippen molar-refractivity contribution < 1.29 is 9.59 Å². The van der Waals surface area contributed by atoms with Crippen molar-refractivity contribution in [3.8, 4) is 0 Å². The second-order valence-corrected chi connectivity index (χ2v) is 10.5. The monoisotopic (exact) mass is 477 g/mol. The number of halogens is 1. The fourth-order valence-corrected chi connectivity index (χ4v) is 5.95. The van der Waals surface area contributed by atoms with E-state index in [9.17, 15) is 9.59 Å². The maximum Gasteiger partial charge on any atom is 0.264 e. The molecular formula is C20H20BrN3O2S2. The van der Waals surface area contributed by atoms with Crippen molar-refractivity contribution in [3.05, 3.63) is 50.1 Å². The van der Waals surface area contributed by atoms with Crippen molar-refractivity contribution in [2.45, 2.75) is 18.8 Å². The molecule has 4 rings (SSSR count). The van der Waals surface area contributed by atoms with Gasteiger partial charge in [0.1, 0.15) is 0 Å². The zero-order valence-electron chi connectivity index (χ0n) is 15.4. The van der Waals surface area contributed by atoms with E-state index in [-0.39, 0.29) is 18.4 Å². The highest BCUT2D eigenvalue weighted by atomic mass is 79.9. The number of hydrogen-bond donors (Lipinski definition) is 0. The second kappa shape index (κ2) is 8.31. The molecule has 1 aliphatic rings. The Bertz CT molecular complexity index is 975. The van der Waals surface area contributed by atoms with Crippen LogP contribution < -0.4 is 0 Å². The molecule has 0 aliphatic carbocycles. The zero-order chi connectivity index (χ0) is 19.7. The SMILES string of the molecule is CN(CC(=O)N1CCC(c2nc3ccccc3s2)CC1)C(=O)c1ccc(Br)s1. The first-order chi connectivity index (χ1) is 13.5. The van der Waals surface area contributed by atoms with Gasteiger partial charge in [-0.15, -0.1) is 22.7 Å². The van der Waals surface area contributed by atoms with E-state index in [1.807, 2.05) is 29.2 Å². The Hall–Kier alpha value is -1.77. The van der Waals surface area contributed by atoms with Crippen molar-refractivity contribution in [2.24, 2.45) is 0 Å². The van der Waals surface area contributed by atoms with Crippen LogP contribution in [0, 0.1) is 0 Å². The van der Waals surface area contributed by atoms with Crippen LogP contribution in [0.15, 0.2) is 40.2 Å². The molecule has 2 aromatic heterocycles. The number of carbonyl (C=O) groups excluding carboxylic acids is 2. The Kier molecular flexibility index (Phi) is 5.80. The van der Waals surface area contributed by atoms with E-state index in [0.717, 1.165) is 22.1 Å². The topological polar surface area (TPSA) is 53.5 Å². The van der Waals surface area contributed by atoms with Crippen LogP contribution in [0.1, 0.15) is 33.4 Å². The lowest BCUT2D eigenvalue weighted by Gasteiger charge is -2.32. The number of para-hydroxylation sites is 1. The predicted octanol–water partition coefficient (Wildman–Crippen LogP) is 4.60. The molecule has 3 heterocycles. The van der Waals surface area contributed by atoms with Gasteiger partial charge in [-0.3, -0.25) is 9.59 Å². The van der Waals surface area contributed by atoms with Gasteiger partial charge >= 0.3 is 0 Å². The Morgan fingerprint density at radius 1 is 1.18 bits per heavy atom. The number of aromatic nitrogens is 1. The van der Waals surface area contributed by atoms with Gasteiger partial charge in [0.15, 0.2) is 0 Å². The van der Waals surface area contributed by atoms with Gasteiger partial charge in [-0.25, -0.2) is 4.98 Å². The Labute approximate surface area is 180 Å². The minimum atomic E-state index is -0.117. The Balaban J connectivity index is 1.32. The summed E-state index contributed by atoms with van der Waals surface area (Å²) in [6.45, 7) is 1.54. The van der Waals surface area contributed by atoms with E-state index in [2.05, 4.69) is 22.0 Å². The van der Waals surface area contributed by atoms with E-state index < -0.39 is 0 Å². The van der Waals surface area contributed by atoms with Crippen molar-refractivity contribution in [2.75, 3.05) is 26.7 Å². The second-order valence-electron chi connectivity index (χ2n) is 6.94. The number of thiazole rings is 1. The standard InChI is InChI=1S/C20H20BrN3O2S2/c1-23(20(26)16-6-7-17(21)27-16)12-18(25)24-10-8-13(9-11-24)19-22-14-4-2-3-5-15(14)28-19/h2-7,13H,8-12H2,1H3. The molecule has 2 amide bonds. The molecule has 8 heteroatoms. The summed E-state index contributed by atoms with van der Waals surface area (Å²) < 4.78 is 2.13. The van der Waals surface area contributed by atoms with Crippen LogP contribution in [0.4, 0.5) is 0 Å². The van der Waals surface area contributed by atoms with E-state index >= 15 is 0 Å². The normalized spacial score (nSPS) is 15.1. The Morgan fingerprint density at radius 3 is 2.61 bits per heavy atom. The number of carbonyl (C=O) groups is 2. The van der Waals surface area contributed by atoms with Crippen molar-refractivity contribution >= 4 is 60.6 Å². The summed E-state index contributed by atoms with van der Waals surface area (Å²) in [5.41, 5.74) is 1.06. The van der Waals surface area contributed by atoms with E-state index in [4.69, 9.17) is 4.98 Å². The zero-order valence-corrected chi connectivity index (χ0v) is 18.6. The van der Waals surface area contributed by atoms with Crippen LogP contribution >= 0.6 is 38.6 Å². The van der Waals surface area contributed by atoms with Crippen molar-refractivity contribution in [1.29, 1.82) is 0 Å². The molecule has 1 saturated heterocycles. The van der Waals surface area contributed by atoms with Crippen LogP contribution in [-0.4, -0.2) is 53.3 Å². The minimum absolute atomic E-state index is 0.00854. The number of likely N-dealkylation sites (N-methyl/N-ethyl adjacent to an activating group) is 1. The molecule has 0 atom stereocenters. The number of hydrogen-bond acceptors (Lipinski definition) is 5. The lowest BCUT2D eigenvalue weighted by atomic mass is 9.97. The molecule has 28 heavy (non-hydrogen) atoms. The van der Waals surface area contributed by atoms with Crippen LogP contribution in [0.3, 0.4) is 0 Å². The number of likely N-dealkylation sites (tertiary alicyclic amines) is 1. The van der Waals surface area contributed by atoms with Crippen LogP contribution in [0.2, 0.25) is 0 Å². The van der Waals surface area contributed by atoms with Gasteiger partial charge in [0.25, 0.3) is 5.91 Å². The molecular weight excluding hydrogens is 458 g/mol. The summed E-state index contributed by atoms with van der Waals surface area (Å²) in [6, 6.07) is 11.8. The first-order valence-electron chi connectivity index (χ1n) is 9.15. The quantitative estimate of drug-likeness (QED) is 0.551. The van der Waals surface area contributed by atoms with Gasteiger partial charge < -0.3 is 9.80 Å². The number of rotatable bonds is 4. The lowest BCUT2D eigenvalue weighted by Crippen LogP contribution is -2.44. The molecule has 0 radical (unpaired) electrons. The fraction of sp³-hybridized carbons (Fsp3) is 0.350. The number of fused-ring (bicyclic) bond motifs is 1. The molecule has 0 saturated carbocycles. The molecule has 3 aromatic rings. The number of nitrogens with zero attached hydrogens (tertiary/aromatic N) is 3. The largest absolute Gasteiger partial charge is 0.341 e. The van der Waals surface area contributed by atoms with E-state index in [0.29, 0.717) is 23.9 Å². The highest BCUT2D eigenvalue weighted by Crippen LogP contribution is 2.33. The molecule has 1 fully saturated rings. The van der Waals surface area contributed by atoms with Crippen LogP contribution in [-0.2, 0) is 4.79 Å². The number of benzene rings is 1. The molecule has 1 aromatic carbocycles. The number of piperidine rings is 1. The van der Waals surface area contributed by atoms with Crippen LogP contribution in [0.25, 0.3) is 10.2 Å².